The van der Waals surface area contributed by atoms with E-state index in [0.717, 1.165) is 12.1 Å². The molecule has 0 aromatic heterocycles. The van der Waals surface area contributed by atoms with Gasteiger partial charge in [-0.3, -0.25) is 10.1 Å². The monoisotopic (exact) mass is 306 g/mol. The fourth-order valence-corrected chi connectivity index (χ4v) is 1.53. The number of anilines is 1. The van der Waals surface area contributed by atoms with Crippen molar-refractivity contribution in [2.75, 3.05) is 11.9 Å². The van der Waals surface area contributed by atoms with Gasteiger partial charge in [-0.2, -0.15) is 0 Å². The molecule has 7 heteroatoms. The Labute approximate surface area is 106 Å². The largest absolute Gasteiger partial charge is 0.391 e. The number of aliphatic hydroxyl groups is 1. The minimum Gasteiger partial charge on any atom is -0.391 e. The molecule has 0 saturated carbocycles. The second kappa shape index (κ2) is 5.92. The number of nitro groups is 1. The zero-order valence-electron chi connectivity index (χ0n) is 9.11. The fraction of sp³-hybridized carbons (Fsp3) is 0.400. The van der Waals surface area contributed by atoms with Crippen LogP contribution in [0.3, 0.4) is 0 Å². The van der Waals surface area contributed by atoms with Gasteiger partial charge in [-0.05, 0) is 22.4 Å². The van der Waals surface area contributed by atoms with Gasteiger partial charge in [0, 0.05) is 18.7 Å². The number of hydrogen-bond donors (Lipinski definition) is 2. The highest BCUT2D eigenvalue weighted by molar-refractivity contribution is 9.10. The van der Waals surface area contributed by atoms with Crippen LogP contribution in [0.4, 0.5) is 15.8 Å². The molecule has 0 fully saturated rings. The topological polar surface area (TPSA) is 75.4 Å². The zero-order chi connectivity index (χ0) is 13.0. The van der Waals surface area contributed by atoms with Crippen molar-refractivity contribution in [1.29, 1.82) is 0 Å². The lowest BCUT2D eigenvalue weighted by atomic mass is 10.2. The van der Waals surface area contributed by atoms with Gasteiger partial charge in [0.05, 0.1) is 15.5 Å². The van der Waals surface area contributed by atoms with Crippen LogP contribution in [0.2, 0.25) is 0 Å². The molecule has 1 aromatic rings. The molecule has 0 aliphatic rings. The van der Waals surface area contributed by atoms with Crippen molar-refractivity contribution in [3.8, 4) is 0 Å². The molecule has 0 aliphatic heterocycles. The van der Waals surface area contributed by atoms with Crippen LogP contribution in [-0.2, 0) is 0 Å². The van der Waals surface area contributed by atoms with Crippen LogP contribution in [0.5, 0.6) is 0 Å². The molecule has 0 radical (unpaired) electrons. The lowest BCUT2D eigenvalue weighted by Gasteiger charge is -2.11. The van der Waals surface area contributed by atoms with Gasteiger partial charge in [-0.15, -0.1) is 0 Å². The number of nitro benzene ring substituents is 1. The first-order chi connectivity index (χ1) is 7.95. The van der Waals surface area contributed by atoms with Crippen molar-refractivity contribution in [2.45, 2.75) is 19.4 Å². The van der Waals surface area contributed by atoms with E-state index in [0.29, 0.717) is 6.42 Å². The van der Waals surface area contributed by atoms with Gasteiger partial charge in [-0.25, -0.2) is 4.39 Å². The predicted octanol–water partition coefficient (Wildman–Crippen LogP) is 2.68. The quantitative estimate of drug-likeness (QED) is 0.648. The van der Waals surface area contributed by atoms with E-state index in [1.165, 1.54) is 0 Å². The average Bonchev–Trinajstić information content (AvgIpc) is 2.29. The Bertz CT molecular complexity index is 428. The molecule has 0 amide bonds. The van der Waals surface area contributed by atoms with Crippen LogP contribution in [0.25, 0.3) is 0 Å². The van der Waals surface area contributed by atoms with Crippen LogP contribution < -0.4 is 5.32 Å². The molecule has 1 atom stereocenters. The molecule has 0 bridgehead atoms. The fourth-order valence-electron chi connectivity index (χ4n) is 1.20. The van der Waals surface area contributed by atoms with Crippen molar-refractivity contribution in [2.24, 2.45) is 0 Å². The third kappa shape index (κ3) is 3.64. The summed E-state index contributed by atoms with van der Waals surface area (Å²) in [5.41, 5.74) is -0.176. The third-order valence-corrected chi connectivity index (χ3v) is 2.84. The first-order valence-corrected chi connectivity index (χ1v) is 5.80. The Morgan fingerprint density at radius 3 is 2.82 bits per heavy atom. The maximum absolute atomic E-state index is 13.3. The number of benzene rings is 1. The van der Waals surface area contributed by atoms with Crippen molar-refractivity contribution >= 4 is 27.3 Å². The van der Waals surface area contributed by atoms with Gasteiger partial charge in [0.15, 0.2) is 0 Å². The summed E-state index contributed by atoms with van der Waals surface area (Å²) in [5.74, 6) is -0.593. The van der Waals surface area contributed by atoms with E-state index in [1.807, 2.05) is 0 Å². The molecule has 0 heterocycles. The molecule has 0 saturated heterocycles. The molecule has 5 nitrogen and oxygen atoms in total. The zero-order valence-corrected chi connectivity index (χ0v) is 10.7. The van der Waals surface area contributed by atoms with Crippen molar-refractivity contribution < 1.29 is 14.4 Å². The van der Waals surface area contributed by atoms with Crippen molar-refractivity contribution in [3.05, 3.63) is 32.5 Å². The van der Waals surface area contributed by atoms with Gasteiger partial charge < -0.3 is 10.4 Å². The summed E-state index contributed by atoms with van der Waals surface area (Å²) in [6, 6.07) is 2.13. The Morgan fingerprint density at radius 1 is 1.65 bits per heavy atom. The van der Waals surface area contributed by atoms with Gasteiger partial charge in [0.25, 0.3) is 5.69 Å². The molecular formula is C10H12BrFN2O3. The summed E-state index contributed by atoms with van der Waals surface area (Å²) in [7, 11) is 0. The van der Waals surface area contributed by atoms with Gasteiger partial charge in [0.2, 0.25) is 0 Å². The van der Waals surface area contributed by atoms with Crippen molar-refractivity contribution in [1.82, 2.24) is 0 Å². The number of halogens is 2. The Balaban J connectivity index is 2.96. The molecular weight excluding hydrogens is 295 g/mol. The van der Waals surface area contributed by atoms with Gasteiger partial charge >= 0.3 is 0 Å². The SMILES string of the molecule is CCC(O)CNc1cc(F)c(Br)cc1[N+](=O)[O-]. The Morgan fingerprint density at radius 2 is 2.29 bits per heavy atom. The van der Waals surface area contributed by atoms with Crippen LogP contribution in [-0.4, -0.2) is 22.7 Å². The van der Waals surface area contributed by atoms with E-state index in [-0.39, 0.29) is 22.4 Å². The summed E-state index contributed by atoms with van der Waals surface area (Å²) in [6.07, 6.45) is -0.110. The maximum atomic E-state index is 13.3. The molecule has 17 heavy (non-hydrogen) atoms. The summed E-state index contributed by atoms with van der Waals surface area (Å²) >= 11 is 2.89. The molecule has 1 rings (SSSR count). The van der Waals surface area contributed by atoms with E-state index in [1.54, 1.807) is 6.92 Å². The molecule has 0 aliphatic carbocycles. The number of hydrogen-bond acceptors (Lipinski definition) is 4. The summed E-state index contributed by atoms with van der Waals surface area (Å²) in [4.78, 5) is 10.2. The van der Waals surface area contributed by atoms with Crippen LogP contribution in [0, 0.1) is 15.9 Å². The minimum atomic E-state index is -0.624. The first kappa shape index (κ1) is 13.9. The highest BCUT2D eigenvalue weighted by Gasteiger charge is 2.17. The smallest absolute Gasteiger partial charge is 0.293 e. The molecule has 2 N–H and O–H groups in total. The second-order valence-electron chi connectivity index (χ2n) is 3.48. The first-order valence-electron chi connectivity index (χ1n) is 5.01. The number of rotatable bonds is 5. The van der Waals surface area contributed by atoms with E-state index in [2.05, 4.69) is 21.2 Å². The highest BCUT2D eigenvalue weighted by Crippen LogP contribution is 2.30. The van der Waals surface area contributed by atoms with Crippen LogP contribution in [0.1, 0.15) is 13.3 Å². The molecule has 94 valence electrons. The van der Waals surface area contributed by atoms with Gasteiger partial charge in [0.1, 0.15) is 11.5 Å². The van der Waals surface area contributed by atoms with E-state index in [4.69, 9.17) is 0 Å². The molecule has 1 aromatic carbocycles. The standard InChI is InChI=1S/C10H12BrFN2O3/c1-2-6(15)5-13-9-4-8(12)7(11)3-10(9)14(16)17/h3-4,6,13,15H,2,5H2,1H3. The third-order valence-electron chi connectivity index (χ3n) is 2.23. The number of aliphatic hydroxyl groups excluding tert-OH is 1. The Kier molecular flexibility index (Phi) is 4.83. The van der Waals surface area contributed by atoms with Crippen LogP contribution in [0.15, 0.2) is 16.6 Å². The molecule has 0 spiro atoms. The normalized spacial score (nSPS) is 12.2. The van der Waals surface area contributed by atoms with Gasteiger partial charge in [-0.1, -0.05) is 6.92 Å². The van der Waals surface area contributed by atoms with Crippen molar-refractivity contribution in [3.63, 3.8) is 0 Å². The van der Waals surface area contributed by atoms with E-state index >= 15 is 0 Å². The average molecular weight is 307 g/mol. The minimum absolute atomic E-state index is 0.0331. The van der Waals surface area contributed by atoms with E-state index < -0.39 is 16.8 Å². The maximum Gasteiger partial charge on any atom is 0.293 e. The number of nitrogens with one attached hydrogen (secondary N) is 1. The highest BCUT2D eigenvalue weighted by atomic mass is 79.9. The lowest BCUT2D eigenvalue weighted by Crippen LogP contribution is -2.18. The summed E-state index contributed by atoms with van der Waals surface area (Å²) in [5, 5.41) is 22.8. The predicted molar refractivity (Wildman–Crippen MR) is 65.5 cm³/mol. The van der Waals surface area contributed by atoms with Crippen LogP contribution >= 0.6 is 15.9 Å². The second-order valence-corrected chi connectivity index (χ2v) is 4.34. The summed E-state index contributed by atoms with van der Waals surface area (Å²) < 4.78 is 13.3. The molecule has 1 unspecified atom stereocenters. The van der Waals surface area contributed by atoms with E-state index in [9.17, 15) is 19.6 Å². The lowest BCUT2D eigenvalue weighted by molar-refractivity contribution is -0.384. The Hall–Kier alpha value is -1.21. The number of nitrogens with zero attached hydrogens (tertiary/aromatic N) is 1. The summed E-state index contributed by atoms with van der Waals surface area (Å²) in [6.45, 7) is 1.92.